The number of hydrogen-bond donors (Lipinski definition) is 2. The quantitative estimate of drug-likeness (QED) is 0.736. The summed E-state index contributed by atoms with van der Waals surface area (Å²) in [5.41, 5.74) is 2.97. The topological polar surface area (TPSA) is 35.5 Å². The molecule has 0 unspecified atom stereocenters. The molecule has 0 radical (unpaired) electrons. The Morgan fingerprint density at radius 2 is 2.00 bits per heavy atom. The van der Waals surface area contributed by atoms with Crippen molar-refractivity contribution in [2.24, 2.45) is 5.92 Å². The number of nitrogens with one attached hydrogen (secondary N) is 1. The zero-order valence-corrected chi connectivity index (χ0v) is 13.1. The summed E-state index contributed by atoms with van der Waals surface area (Å²) < 4.78 is 25.2. The number of benzene rings is 1. The van der Waals surface area contributed by atoms with Crippen LogP contribution in [0, 0.1) is 12.8 Å². The molecule has 0 amide bonds. The van der Waals surface area contributed by atoms with Gasteiger partial charge in [0.1, 0.15) is 0 Å². The third kappa shape index (κ3) is 6.40. The molecule has 0 atom stereocenters. The SMILES string of the molecule is Cc1cc(N(CCO)CC(F)F)ccc1CNCC(C)C. The molecule has 0 aliphatic carbocycles. The van der Waals surface area contributed by atoms with Crippen LogP contribution in [-0.2, 0) is 6.54 Å². The van der Waals surface area contributed by atoms with Crippen molar-refractivity contribution in [2.75, 3.05) is 31.1 Å². The highest BCUT2D eigenvalue weighted by Gasteiger charge is 2.13. The Kier molecular flexibility index (Phi) is 7.61. The number of anilines is 1. The minimum atomic E-state index is -2.41. The lowest BCUT2D eigenvalue weighted by Crippen LogP contribution is -2.31. The van der Waals surface area contributed by atoms with Crippen LogP contribution in [0.25, 0.3) is 0 Å². The Balaban J connectivity index is 2.74. The van der Waals surface area contributed by atoms with Gasteiger partial charge in [-0.15, -0.1) is 0 Å². The maximum absolute atomic E-state index is 12.6. The maximum atomic E-state index is 12.6. The van der Waals surface area contributed by atoms with E-state index in [9.17, 15) is 8.78 Å². The van der Waals surface area contributed by atoms with Crippen LogP contribution in [0.5, 0.6) is 0 Å². The molecule has 0 saturated carbocycles. The number of nitrogens with zero attached hydrogens (tertiary/aromatic N) is 1. The summed E-state index contributed by atoms with van der Waals surface area (Å²) in [5.74, 6) is 0.593. The molecule has 5 heteroatoms. The fourth-order valence-electron chi connectivity index (χ4n) is 2.18. The number of rotatable bonds is 9. The Bertz CT molecular complexity index is 425. The van der Waals surface area contributed by atoms with Crippen molar-refractivity contribution in [3.8, 4) is 0 Å². The van der Waals surface area contributed by atoms with Crippen LogP contribution in [0.1, 0.15) is 25.0 Å². The first-order valence-corrected chi connectivity index (χ1v) is 7.38. The largest absolute Gasteiger partial charge is 0.395 e. The molecule has 0 aliphatic rings. The van der Waals surface area contributed by atoms with E-state index in [1.807, 2.05) is 25.1 Å². The summed E-state index contributed by atoms with van der Waals surface area (Å²) in [5, 5.41) is 12.4. The van der Waals surface area contributed by atoms with E-state index in [2.05, 4.69) is 19.2 Å². The molecule has 0 spiro atoms. The summed E-state index contributed by atoms with van der Waals surface area (Å²) in [6.07, 6.45) is -2.41. The second kappa shape index (κ2) is 8.95. The highest BCUT2D eigenvalue weighted by Crippen LogP contribution is 2.20. The second-order valence-electron chi connectivity index (χ2n) is 5.70. The molecule has 3 nitrogen and oxygen atoms in total. The number of aliphatic hydroxyl groups excluding tert-OH is 1. The zero-order chi connectivity index (χ0) is 15.8. The lowest BCUT2D eigenvalue weighted by molar-refractivity contribution is 0.153. The van der Waals surface area contributed by atoms with E-state index in [4.69, 9.17) is 5.11 Å². The van der Waals surface area contributed by atoms with Crippen molar-refractivity contribution in [1.29, 1.82) is 0 Å². The standard InChI is InChI=1S/C16H26F2N2O/c1-12(2)9-19-10-14-4-5-15(8-13(14)3)20(6-7-21)11-16(17)18/h4-5,8,12,16,19,21H,6-7,9-11H2,1-3H3. The molecular weight excluding hydrogens is 274 g/mol. The predicted octanol–water partition coefficient (Wildman–Crippen LogP) is 2.80. The zero-order valence-electron chi connectivity index (χ0n) is 13.1. The van der Waals surface area contributed by atoms with Gasteiger partial charge in [0.2, 0.25) is 0 Å². The predicted molar refractivity (Wildman–Crippen MR) is 83.0 cm³/mol. The molecular formula is C16H26F2N2O. The fraction of sp³-hybridized carbons (Fsp3) is 0.625. The Morgan fingerprint density at radius 1 is 1.29 bits per heavy atom. The molecule has 0 aromatic heterocycles. The van der Waals surface area contributed by atoms with Crippen LogP contribution < -0.4 is 10.2 Å². The Hall–Kier alpha value is -1.20. The molecule has 120 valence electrons. The summed E-state index contributed by atoms with van der Waals surface area (Å²) in [6.45, 7) is 7.74. The monoisotopic (exact) mass is 300 g/mol. The maximum Gasteiger partial charge on any atom is 0.255 e. The van der Waals surface area contributed by atoms with E-state index in [0.717, 1.165) is 24.3 Å². The smallest absolute Gasteiger partial charge is 0.255 e. The molecule has 1 aromatic rings. The van der Waals surface area contributed by atoms with Crippen LogP contribution in [0.15, 0.2) is 18.2 Å². The Labute approximate surface area is 126 Å². The van der Waals surface area contributed by atoms with Crippen LogP contribution >= 0.6 is 0 Å². The highest BCUT2D eigenvalue weighted by atomic mass is 19.3. The molecule has 21 heavy (non-hydrogen) atoms. The van der Waals surface area contributed by atoms with Gasteiger partial charge in [0, 0.05) is 18.8 Å². The molecule has 0 saturated heterocycles. The third-order valence-electron chi connectivity index (χ3n) is 3.29. The first-order chi connectivity index (χ1) is 9.93. The van der Waals surface area contributed by atoms with Crippen LogP contribution in [-0.4, -0.2) is 37.8 Å². The molecule has 0 fully saturated rings. The normalized spacial score (nSPS) is 11.4. The van der Waals surface area contributed by atoms with Gasteiger partial charge in [-0.3, -0.25) is 0 Å². The van der Waals surface area contributed by atoms with Gasteiger partial charge in [-0.1, -0.05) is 19.9 Å². The van der Waals surface area contributed by atoms with Crippen molar-refractivity contribution < 1.29 is 13.9 Å². The summed E-state index contributed by atoms with van der Waals surface area (Å²) in [4.78, 5) is 1.52. The lowest BCUT2D eigenvalue weighted by atomic mass is 10.1. The van der Waals surface area contributed by atoms with Crippen LogP contribution in [0.3, 0.4) is 0 Å². The van der Waals surface area contributed by atoms with E-state index >= 15 is 0 Å². The first kappa shape index (κ1) is 17.9. The molecule has 0 aliphatic heterocycles. The summed E-state index contributed by atoms with van der Waals surface area (Å²) in [7, 11) is 0. The molecule has 2 N–H and O–H groups in total. The average Bonchev–Trinajstić information content (AvgIpc) is 2.39. The summed E-state index contributed by atoms with van der Waals surface area (Å²) >= 11 is 0. The summed E-state index contributed by atoms with van der Waals surface area (Å²) in [6, 6.07) is 5.72. The minimum Gasteiger partial charge on any atom is -0.395 e. The van der Waals surface area contributed by atoms with Gasteiger partial charge in [0.25, 0.3) is 6.43 Å². The highest BCUT2D eigenvalue weighted by molar-refractivity contribution is 5.51. The van der Waals surface area contributed by atoms with Gasteiger partial charge >= 0.3 is 0 Å². The van der Waals surface area contributed by atoms with Crippen LogP contribution in [0.4, 0.5) is 14.5 Å². The van der Waals surface area contributed by atoms with Gasteiger partial charge in [-0.2, -0.15) is 0 Å². The Morgan fingerprint density at radius 3 is 2.52 bits per heavy atom. The lowest BCUT2D eigenvalue weighted by Gasteiger charge is -2.24. The molecule has 1 aromatic carbocycles. The first-order valence-electron chi connectivity index (χ1n) is 7.38. The van der Waals surface area contributed by atoms with Crippen molar-refractivity contribution >= 4 is 5.69 Å². The second-order valence-corrected chi connectivity index (χ2v) is 5.70. The molecule has 1 rings (SSSR count). The van der Waals surface area contributed by atoms with E-state index in [1.165, 1.54) is 10.5 Å². The van der Waals surface area contributed by atoms with Gasteiger partial charge in [0.15, 0.2) is 0 Å². The number of aryl methyl sites for hydroxylation is 1. The molecule has 0 heterocycles. The van der Waals surface area contributed by atoms with Gasteiger partial charge < -0.3 is 15.3 Å². The van der Waals surface area contributed by atoms with E-state index in [-0.39, 0.29) is 19.7 Å². The van der Waals surface area contributed by atoms with E-state index in [1.54, 1.807) is 0 Å². The van der Waals surface area contributed by atoms with Gasteiger partial charge in [0.05, 0.1) is 13.2 Å². The van der Waals surface area contributed by atoms with Crippen LogP contribution in [0.2, 0.25) is 0 Å². The number of alkyl halides is 2. The van der Waals surface area contributed by atoms with E-state index < -0.39 is 6.43 Å². The van der Waals surface area contributed by atoms with Crippen molar-refractivity contribution in [3.63, 3.8) is 0 Å². The van der Waals surface area contributed by atoms with E-state index in [0.29, 0.717) is 5.92 Å². The van der Waals surface area contributed by atoms with Gasteiger partial charge in [-0.05, 0) is 42.6 Å². The third-order valence-corrected chi connectivity index (χ3v) is 3.29. The van der Waals surface area contributed by atoms with Crippen molar-refractivity contribution in [2.45, 2.75) is 33.7 Å². The van der Waals surface area contributed by atoms with Crippen molar-refractivity contribution in [3.05, 3.63) is 29.3 Å². The number of aliphatic hydroxyl groups is 1. The molecule has 0 bridgehead atoms. The van der Waals surface area contributed by atoms with Crippen molar-refractivity contribution in [1.82, 2.24) is 5.32 Å². The average molecular weight is 300 g/mol. The number of hydrogen-bond acceptors (Lipinski definition) is 3. The minimum absolute atomic E-state index is 0.135. The number of halogens is 2. The fourth-order valence-corrected chi connectivity index (χ4v) is 2.18. The van der Waals surface area contributed by atoms with Gasteiger partial charge in [-0.25, -0.2) is 8.78 Å².